The van der Waals surface area contributed by atoms with Crippen LogP contribution >= 0.6 is 0 Å². The molecule has 104 valence electrons. The highest BCUT2D eigenvalue weighted by Crippen LogP contribution is 2.31. The van der Waals surface area contributed by atoms with Gasteiger partial charge in [0.25, 0.3) is 5.91 Å². The van der Waals surface area contributed by atoms with Crippen molar-refractivity contribution < 1.29 is 14.3 Å². The summed E-state index contributed by atoms with van der Waals surface area (Å²) in [6, 6.07) is 7.34. The van der Waals surface area contributed by atoms with Crippen LogP contribution in [0.1, 0.15) is 5.56 Å². The molecule has 0 radical (unpaired) electrons. The number of hydrogen-bond donors (Lipinski definition) is 1. The van der Waals surface area contributed by atoms with Gasteiger partial charge < -0.3 is 14.4 Å². The van der Waals surface area contributed by atoms with Crippen LogP contribution in [-0.4, -0.2) is 40.8 Å². The van der Waals surface area contributed by atoms with Crippen LogP contribution in [0.5, 0.6) is 11.5 Å². The van der Waals surface area contributed by atoms with Gasteiger partial charge >= 0.3 is 0 Å². The number of aromatic nitrogens is 2. The second-order valence-corrected chi connectivity index (χ2v) is 4.67. The van der Waals surface area contributed by atoms with E-state index in [9.17, 15) is 4.79 Å². The Balaban J connectivity index is 1.66. The molecule has 20 heavy (non-hydrogen) atoms. The first-order chi connectivity index (χ1) is 9.74. The third-order valence-corrected chi connectivity index (χ3v) is 3.13. The molecule has 3 rings (SSSR count). The Morgan fingerprint density at radius 3 is 3.00 bits per heavy atom. The van der Waals surface area contributed by atoms with Crippen LogP contribution in [0.2, 0.25) is 0 Å². The standard InChI is InChI=1S/C14H15N3O3/c1-17(8-10-6-15-16-7-10)14(18)13-9-19-11-4-2-3-5-12(11)20-13/h2-7,13H,8-9H2,1H3,(H,15,16). The molecule has 0 fully saturated rings. The molecule has 6 heteroatoms. The van der Waals surface area contributed by atoms with E-state index < -0.39 is 6.10 Å². The average molecular weight is 273 g/mol. The molecule has 1 N–H and O–H groups in total. The number of carbonyl (C=O) groups excluding carboxylic acids is 1. The number of benzene rings is 1. The van der Waals surface area contributed by atoms with Gasteiger partial charge in [-0.05, 0) is 12.1 Å². The largest absolute Gasteiger partial charge is 0.485 e. The van der Waals surface area contributed by atoms with Gasteiger partial charge in [0.05, 0.1) is 6.20 Å². The molecular formula is C14H15N3O3. The zero-order chi connectivity index (χ0) is 13.9. The highest BCUT2D eigenvalue weighted by Gasteiger charge is 2.29. The maximum absolute atomic E-state index is 12.3. The first-order valence-electron chi connectivity index (χ1n) is 6.35. The number of aromatic amines is 1. The Morgan fingerprint density at radius 1 is 1.45 bits per heavy atom. The van der Waals surface area contributed by atoms with Crippen LogP contribution in [0.15, 0.2) is 36.7 Å². The minimum Gasteiger partial charge on any atom is -0.485 e. The highest BCUT2D eigenvalue weighted by molar-refractivity contribution is 5.81. The van der Waals surface area contributed by atoms with Gasteiger partial charge in [0.15, 0.2) is 11.5 Å². The molecule has 0 aliphatic carbocycles. The number of nitrogens with one attached hydrogen (secondary N) is 1. The molecule has 1 aliphatic heterocycles. The number of rotatable bonds is 3. The molecule has 0 spiro atoms. The van der Waals surface area contributed by atoms with E-state index in [2.05, 4.69) is 10.2 Å². The lowest BCUT2D eigenvalue weighted by Gasteiger charge is -2.28. The Kier molecular flexibility index (Phi) is 3.28. The van der Waals surface area contributed by atoms with E-state index in [1.165, 1.54) is 0 Å². The van der Waals surface area contributed by atoms with Crippen molar-refractivity contribution in [3.8, 4) is 11.5 Å². The molecule has 0 bridgehead atoms. The van der Waals surface area contributed by atoms with Gasteiger partial charge in [-0.1, -0.05) is 12.1 Å². The number of para-hydroxylation sites is 2. The van der Waals surface area contributed by atoms with Crippen molar-refractivity contribution in [3.05, 3.63) is 42.2 Å². The smallest absolute Gasteiger partial charge is 0.267 e. The SMILES string of the molecule is CN(Cc1cn[nH]c1)C(=O)C1COc2ccccc2O1. The zero-order valence-electron chi connectivity index (χ0n) is 11.1. The van der Waals surface area contributed by atoms with Crippen molar-refractivity contribution in [2.24, 2.45) is 0 Å². The van der Waals surface area contributed by atoms with Gasteiger partial charge in [-0.25, -0.2) is 0 Å². The molecule has 2 aromatic rings. The van der Waals surface area contributed by atoms with Gasteiger partial charge in [-0.15, -0.1) is 0 Å². The fourth-order valence-electron chi connectivity index (χ4n) is 2.10. The van der Waals surface area contributed by atoms with Crippen LogP contribution in [-0.2, 0) is 11.3 Å². The molecule has 1 unspecified atom stereocenters. The van der Waals surface area contributed by atoms with Crippen molar-refractivity contribution in [1.82, 2.24) is 15.1 Å². The summed E-state index contributed by atoms with van der Waals surface area (Å²) in [4.78, 5) is 13.9. The third kappa shape index (κ3) is 2.45. The van der Waals surface area contributed by atoms with E-state index >= 15 is 0 Å². The Bertz CT molecular complexity index is 597. The fourth-order valence-corrected chi connectivity index (χ4v) is 2.10. The third-order valence-electron chi connectivity index (χ3n) is 3.13. The number of fused-ring (bicyclic) bond motifs is 1. The number of hydrogen-bond acceptors (Lipinski definition) is 4. The predicted octanol–water partition coefficient (Wildman–Crippen LogP) is 1.21. The van der Waals surface area contributed by atoms with Crippen molar-refractivity contribution in [1.29, 1.82) is 0 Å². The second-order valence-electron chi connectivity index (χ2n) is 4.67. The maximum atomic E-state index is 12.3. The molecule has 1 amide bonds. The van der Waals surface area contributed by atoms with Crippen LogP contribution in [0, 0.1) is 0 Å². The summed E-state index contributed by atoms with van der Waals surface area (Å²) in [5.41, 5.74) is 0.943. The van der Waals surface area contributed by atoms with Gasteiger partial charge in [0, 0.05) is 25.4 Å². The van der Waals surface area contributed by atoms with Crippen LogP contribution < -0.4 is 9.47 Å². The van der Waals surface area contributed by atoms with E-state index in [1.807, 2.05) is 18.2 Å². The number of H-pyrrole nitrogens is 1. The number of ether oxygens (including phenoxy) is 2. The minimum atomic E-state index is -0.609. The average Bonchev–Trinajstić information content (AvgIpc) is 2.99. The lowest BCUT2D eigenvalue weighted by molar-refractivity contribution is -0.140. The predicted molar refractivity (Wildman–Crippen MR) is 71.4 cm³/mol. The van der Waals surface area contributed by atoms with Gasteiger partial charge in [-0.3, -0.25) is 9.89 Å². The monoisotopic (exact) mass is 273 g/mol. The molecule has 1 aliphatic rings. The second kappa shape index (κ2) is 5.24. The molecule has 6 nitrogen and oxygen atoms in total. The van der Waals surface area contributed by atoms with E-state index in [0.717, 1.165) is 5.56 Å². The lowest BCUT2D eigenvalue weighted by Crippen LogP contribution is -2.44. The molecule has 1 aromatic heterocycles. The lowest BCUT2D eigenvalue weighted by atomic mass is 10.2. The summed E-state index contributed by atoms with van der Waals surface area (Å²) in [6.45, 7) is 0.711. The van der Waals surface area contributed by atoms with Crippen molar-refractivity contribution in [2.45, 2.75) is 12.6 Å². The molecule has 0 saturated carbocycles. The molecule has 0 saturated heterocycles. The van der Waals surface area contributed by atoms with Crippen LogP contribution in [0.4, 0.5) is 0 Å². The first-order valence-corrected chi connectivity index (χ1v) is 6.35. The summed E-state index contributed by atoms with van der Waals surface area (Å²) in [5.74, 6) is 1.17. The van der Waals surface area contributed by atoms with E-state index in [1.54, 1.807) is 30.4 Å². The van der Waals surface area contributed by atoms with Gasteiger partial charge in [-0.2, -0.15) is 5.10 Å². The molecule has 2 heterocycles. The summed E-state index contributed by atoms with van der Waals surface area (Å²) < 4.78 is 11.2. The number of amides is 1. The highest BCUT2D eigenvalue weighted by atomic mass is 16.6. The first kappa shape index (κ1) is 12.5. The van der Waals surface area contributed by atoms with Crippen molar-refractivity contribution >= 4 is 5.91 Å². The Hall–Kier alpha value is -2.50. The Morgan fingerprint density at radius 2 is 2.25 bits per heavy atom. The molecule has 1 atom stereocenters. The maximum Gasteiger partial charge on any atom is 0.267 e. The Labute approximate surface area is 116 Å². The summed E-state index contributed by atoms with van der Waals surface area (Å²) in [6.07, 6.45) is 2.84. The summed E-state index contributed by atoms with van der Waals surface area (Å²) >= 11 is 0. The minimum absolute atomic E-state index is 0.110. The molecular weight excluding hydrogens is 258 g/mol. The van der Waals surface area contributed by atoms with Gasteiger partial charge in [0.2, 0.25) is 6.10 Å². The summed E-state index contributed by atoms with van der Waals surface area (Å²) in [7, 11) is 1.74. The zero-order valence-corrected chi connectivity index (χ0v) is 11.1. The van der Waals surface area contributed by atoms with Crippen LogP contribution in [0.3, 0.4) is 0 Å². The van der Waals surface area contributed by atoms with E-state index in [0.29, 0.717) is 18.0 Å². The topological polar surface area (TPSA) is 67.5 Å². The van der Waals surface area contributed by atoms with Crippen LogP contribution in [0.25, 0.3) is 0 Å². The van der Waals surface area contributed by atoms with E-state index in [-0.39, 0.29) is 12.5 Å². The summed E-state index contributed by atoms with van der Waals surface area (Å²) in [5, 5.41) is 6.58. The van der Waals surface area contributed by atoms with E-state index in [4.69, 9.17) is 9.47 Å². The number of likely N-dealkylation sites (N-methyl/N-ethyl adjacent to an activating group) is 1. The quantitative estimate of drug-likeness (QED) is 0.912. The van der Waals surface area contributed by atoms with Gasteiger partial charge in [0.1, 0.15) is 6.61 Å². The number of carbonyl (C=O) groups is 1. The normalized spacial score (nSPS) is 16.8. The molecule has 1 aromatic carbocycles. The van der Waals surface area contributed by atoms with Crippen molar-refractivity contribution in [3.63, 3.8) is 0 Å². The van der Waals surface area contributed by atoms with Crippen molar-refractivity contribution in [2.75, 3.05) is 13.7 Å². The fraction of sp³-hybridized carbons (Fsp3) is 0.286. The number of nitrogens with zero attached hydrogens (tertiary/aromatic N) is 2.